The highest BCUT2D eigenvalue weighted by atomic mass is 16.5. The Labute approximate surface area is 185 Å². The quantitative estimate of drug-likeness (QED) is 0.439. The second-order valence-corrected chi connectivity index (χ2v) is 6.82. The van der Waals surface area contributed by atoms with E-state index in [2.05, 4.69) is 20.6 Å². The summed E-state index contributed by atoms with van der Waals surface area (Å²) in [6.07, 6.45) is 5.05. The third kappa shape index (κ3) is 4.86. The Morgan fingerprint density at radius 3 is 2.31 bits per heavy atom. The molecule has 2 aromatic carbocycles. The van der Waals surface area contributed by atoms with Crippen molar-refractivity contribution < 1.29 is 19.0 Å². The zero-order valence-corrected chi connectivity index (χ0v) is 17.7. The van der Waals surface area contributed by atoms with Crippen LogP contribution < -0.4 is 24.8 Å². The van der Waals surface area contributed by atoms with E-state index in [0.29, 0.717) is 35.2 Å². The van der Waals surface area contributed by atoms with E-state index >= 15 is 0 Å². The number of carbonyl (C=O) groups is 1. The fourth-order valence-electron chi connectivity index (χ4n) is 3.13. The standard InChI is InChI=1S/C24H22N4O4/c1-30-22-13-19-20(14-23(22)31-2)26-12-9-21(19)32-18-5-3-17(4-6-18)28-24(29)27-15-16-7-10-25-11-8-16/h3-14H,15H2,1-2H3,(H2,27,28,29). The summed E-state index contributed by atoms with van der Waals surface area (Å²) in [6, 6.07) is 15.9. The Hall–Kier alpha value is -4.33. The van der Waals surface area contributed by atoms with Crippen LogP contribution in [0.15, 0.2) is 73.2 Å². The van der Waals surface area contributed by atoms with Crippen LogP contribution in [0.1, 0.15) is 5.56 Å². The molecule has 2 heterocycles. The maximum Gasteiger partial charge on any atom is 0.319 e. The highest BCUT2D eigenvalue weighted by molar-refractivity contribution is 5.89. The number of hydrogen-bond acceptors (Lipinski definition) is 6. The van der Waals surface area contributed by atoms with Crippen molar-refractivity contribution in [2.75, 3.05) is 19.5 Å². The van der Waals surface area contributed by atoms with Gasteiger partial charge in [-0.3, -0.25) is 9.97 Å². The summed E-state index contributed by atoms with van der Waals surface area (Å²) in [5, 5.41) is 6.40. The molecule has 0 saturated carbocycles. The maximum atomic E-state index is 12.1. The van der Waals surface area contributed by atoms with Crippen molar-refractivity contribution in [3.8, 4) is 23.0 Å². The van der Waals surface area contributed by atoms with Crippen LogP contribution in [0.5, 0.6) is 23.0 Å². The second-order valence-electron chi connectivity index (χ2n) is 6.82. The van der Waals surface area contributed by atoms with Crippen molar-refractivity contribution in [3.63, 3.8) is 0 Å². The van der Waals surface area contributed by atoms with E-state index in [4.69, 9.17) is 14.2 Å². The molecule has 0 aliphatic carbocycles. The third-order valence-corrected chi connectivity index (χ3v) is 4.75. The van der Waals surface area contributed by atoms with Gasteiger partial charge in [-0.25, -0.2) is 4.79 Å². The molecule has 0 bridgehead atoms. The van der Waals surface area contributed by atoms with E-state index < -0.39 is 0 Å². The normalized spacial score (nSPS) is 10.4. The third-order valence-electron chi connectivity index (χ3n) is 4.75. The molecule has 2 amide bonds. The number of methoxy groups -OCH3 is 2. The first-order valence-electron chi connectivity index (χ1n) is 9.88. The number of rotatable bonds is 7. The van der Waals surface area contributed by atoms with E-state index in [0.717, 1.165) is 16.5 Å². The van der Waals surface area contributed by atoms with Gasteiger partial charge < -0.3 is 24.8 Å². The van der Waals surface area contributed by atoms with Gasteiger partial charge in [-0.1, -0.05) is 0 Å². The SMILES string of the molecule is COc1cc2nccc(Oc3ccc(NC(=O)NCc4ccncc4)cc3)c2cc1OC. The number of ether oxygens (including phenoxy) is 3. The lowest BCUT2D eigenvalue weighted by Gasteiger charge is -2.13. The summed E-state index contributed by atoms with van der Waals surface area (Å²) >= 11 is 0. The van der Waals surface area contributed by atoms with E-state index in [1.165, 1.54) is 0 Å². The van der Waals surface area contributed by atoms with Gasteiger partial charge in [0.2, 0.25) is 0 Å². The number of hydrogen-bond donors (Lipinski definition) is 2. The van der Waals surface area contributed by atoms with Gasteiger partial charge in [-0.05, 0) is 54.1 Å². The van der Waals surface area contributed by atoms with E-state index in [9.17, 15) is 4.79 Å². The fourth-order valence-corrected chi connectivity index (χ4v) is 3.13. The zero-order valence-electron chi connectivity index (χ0n) is 17.7. The molecular weight excluding hydrogens is 408 g/mol. The summed E-state index contributed by atoms with van der Waals surface area (Å²) in [5.74, 6) is 2.44. The molecule has 0 aliphatic heterocycles. The Morgan fingerprint density at radius 1 is 0.875 bits per heavy atom. The minimum absolute atomic E-state index is 0.295. The molecule has 0 atom stereocenters. The van der Waals surface area contributed by atoms with E-state index in [-0.39, 0.29) is 6.03 Å². The molecule has 0 aliphatic rings. The number of anilines is 1. The van der Waals surface area contributed by atoms with Crippen molar-refractivity contribution in [1.82, 2.24) is 15.3 Å². The molecule has 0 unspecified atom stereocenters. The van der Waals surface area contributed by atoms with Gasteiger partial charge in [0.1, 0.15) is 11.5 Å². The van der Waals surface area contributed by atoms with Crippen molar-refractivity contribution in [1.29, 1.82) is 0 Å². The molecule has 0 saturated heterocycles. The van der Waals surface area contributed by atoms with Gasteiger partial charge >= 0.3 is 6.03 Å². The predicted molar refractivity (Wildman–Crippen MR) is 121 cm³/mol. The number of pyridine rings is 2. The summed E-state index contributed by atoms with van der Waals surface area (Å²) in [6.45, 7) is 0.416. The van der Waals surface area contributed by atoms with Gasteiger partial charge in [0, 0.05) is 42.3 Å². The smallest absolute Gasteiger partial charge is 0.319 e. The minimum atomic E-state index is -0.295. The van der Waals surface area contributed by atoms with Crippen LogP contribution in [0.3, 0.4) is 0 Å². The first-order valence-corrected chi connectivity index (χ1v) is 9.88. The molecule has 2 N–H and O–H groups in total. The van der Waals surface area contributed by atoms with Crippen LogP contribution in [0.4, 0.5) is 10.5 Å². The Balaban J connectivity index is 1.43. The molecular formula is C24H22N4O4. The fraction of sp³-hybridized carbons (Fsp3) is 0.125. The van der Waals surface area contributed by atoms with Gasteiger partial charge in [0.05, 0.1) is 19.7 Å². The molecule has 8 heteroatoms. The highest BCUT2D eigenvalue weighted by Gasteiger charge is 2.11. The van der Waals surface area contributed by atoms with E-state index in [1.54, 1.807) is 69.2 Å². The van der Waals surface area contributed by atoms with Gasteiger partial charge in [0.15, 0.2) is 11.5 Å². The van der Waals surface area contributed by atoms with Gasteiger partial charge in [-0.15, -0.1) is 0 Å². The van der Waals surface area contributed by atoms with Crippen LogP contribution in [-0.4, -0.2) is 30.2 Å². The van der Waals surface area contributed by atoms with Crippen molar-refractivity contribution in [3.05, 3.63) is 78.8 Å². The lowest BCUT2D eigenvalue weighted by molar-refractivity contribution is 0.251. The first kappa shape index (κ1) is 20.9. The van der Waals surface area contributed by atoms with Gasteiger partial charge in [0.25, 0.3) is 0 Å². The van der Waals surface area contributed by atoms with Crippen LogP contribution >= 0.6 is 0 Å². The first-order chi connectivity index (χ1) is 15.7. The Bertz CT molecular complexity index is 1210. The van der Waals surface area contributed by atoms with Crippen LogP contribution in [0.25, 0.3) is 10.9 Å². The predicted octanol–water partition coefficient (Wildman–Crippen LogP) is 4.76. The molecule has 4 aromatic rings. The molecule has 0 fully saturated rings. The average Bonchev–Trinajstić information content (AvgIpc) is 2.84. The monoisotopic (exact) mass is 430 g/mol. The molecule has 0 spiro atoms. The van der Waals surface area contributed by atoms with Crippen LogP contribution in [-0.2, 0) is 6.54 Å². The topological polar surface area (TPSA) is 94.6 Å². The zero-order chi connectivity index (χ0) is 22.3. The summed E-state index contributed by atoms with van der Waals surface area (Å²) < 4.78 is 16.8. The summed E-state index contributed by atoms with van der Waals surface area (Å²) in [4.78, 5) is 20.5. The molecule has 2 aromatic heterocycles. The van der Waals surface area contributed by atoms with Crippen LogP contribution in [0.2, 0.25) is 0 Å². The average molecular weight is 430 g/mol. The molecule has 0 radical (unpaired) electrons. The molecule has 32 heavy (non-hydrogen) atoms. The summed E-state index contributed by atoms with van der Waals surface area (Å²) in [5.41, 5.74) is 2.35. The minimum Gasteiger partial charge on any atom is -0.493 e. The van der Waals surface area contributed by atoms with Crippen molar-refractivity contribution in [2.45, 2.75) is 6.54 Å². The number of urea groups is 1. The highest BCUT2D eigenvalue weighted by Crippen LogP contribution is 2.36. The lowest BCUT2D eigenvalue weighted by atomic mass is 10.2. The number of amides is 2. The Kier molecular flexibility index (Phi) is 6.31. The summed E-state index contributed by atoms with van der Waals surface area (Å²) in [7, 11) is 3.17. The van der Waals surface area contributed by atoms with Crippen molar-refractivity contribution in [2.24, 2.45) is 0 Å². The number of carbonyl (C=O) groups excluding carboxylic acids is 1. The van der Waals surface area contributed by atoms with Gasteiger partial charge in [-0.2, -0.15) is 0 Å². The number of aromatic nitrogens is 2. The number of fused-ring (bicyclic) bond motifs is 1. The number of nitrogens with one attached hydrogen (secondary N) is 2. The maximum absolute atomic E-state index is 12.1. The largest absolute Gasteiger partial charge is 0.493 e. The second kappa shape index (κ2) is 9.65. The lowest BCUT2D eigenvalue weighted by Crippen LogP contribution is -2.28. The number of benzene rings is 2. The van der Waals surface area contributed by atoms with Crippen LogP contribution in [0, 0.1) is 0 Å². The van der Waals surface area contributed by atoms with Crippen molar-refractivity contribution >= 4 is 22.6 Å². The molecule has 162 valence electrons. The molecule has 4 rings (SSSR count). The Morgan fingerprint density at radius 2 is 1.59 bits per heavy atom. The number of nitrogens with zero attached hydrogens (tertiary/aromatic N) is 2. The molecule has 8 nitrogen and oxygen atoms in total. The van der Waals surface area contributed by atoms with E-state index in [1.807, 2.05) is 18.2 Å².